The van der Waals surface area contributed by atoms with Gasteiger partial charge >= 0.3 is 6.09 Å². The number of hydrogen-bond donors (Lipinski definition) is 1. The molecule has 0 spiro atoms. The molecule has 1 saturated heterocycles. The molecule has 1 N–H and O–H groups in total. The van der Waals surface area contributed by atoms with Gasteiger partial charge in [0.25, 0.3) is 0 Å². The number of phenols is 1. The molecule has 1 aromatic carbocycles. The minimum atomic E-state index is -0.465. The van der Waals surface area contributed by atoms with Crippen LogP contribution in [0.4, 0.5) is 4.79 Å². The highest BCUT2D eigenvalue weighted by Gasteiger charge is 2.34. The van der Waals surface area contributed by atoms with Crippen LogP contribution in [0.15, 0.2) is 24.3 Å². The lowest BCUT2D eigenvalue weighted by Crippen LogP contribution is -2.47. The number of rotatable bonds is 3. The zero-order valence-electron chi connectivity index (χ0n) is 14.5. The summed E-state index contributed by atoms with van der Waals surface area (Å²) >= 11 is 0. The van der Waals surface area contributed by atoms with Crippen LogP contribution in [0.2, 0.25) is 0 Å². The normalized spacial score (nSPS) is 17.8. The maximum absolute atomic E-state index is 12.1. The fourth-order valence-corrected chi connectivity index (χ4v) is 2.48. The molecule has 23 heavy (non-hydrogen) atoms. The Morgan fingerprint density at radius 1 is 1.22 bits per heavy atom. The first-order valence-electron chi connectivity index (χ1n) is 8.07. The van der Waals surface area contributed by atoms with E-state index < -0.39 is 5.60 Å². The van der Waals surface area contributed by atoms with Crippen molar-refractivity contribution in [3.05, 3.63) is 29.8 Å². The van der Waals surface area contributed by atoms with Crippen molar-refractivity contribution in [2.45, 2.75) is 58.3 Å². The van der Waals surface area contributed by atoms with Crippen molar-refractivity contribution in [3.8, 4) is 5.75 Å². The predicted molar refractivity (Wildman–Crippen MR) is 88.3 cm³/mol. The van der Waals surface area contributed by atoms with Crippen LogP contribution in [0.25, 0.3) is 0 Å². The maximum Gasteiger partial charge on any atom is 0.410 e. The summed E-state index contributed by atoms with van der Waals surface area (Å²) in [4.78, 5) is 13.8. The van der Waals surface area contributed by atoms with Crippen LogP contribution in [-0.2, 0) is 16.1 Å². The Balaban J connectivity index is 1.82. The summed E-state index contributed by atoms with van der Waals surface area (Å²) in [5.74, 6) is 0.255. The standard InChI is InChI=1S/C18H27NO4/c1-17(2,3)23-16(21)19-11-9-18(4,10-12-19)22-13-14-5-7-15(20)8-6-14/h5-8,20H,9-13H2,1-4H3. The lowest BCUT2D eigenvalue weighted by atomic mass is 9.93. The number of likely N-dealkylation sites (tertiary alicyclic amines) is 1. The van der Waals surface area contributed by atoms with Crippen LogP contribution in [0.1, 0.15) is 46.1 Å². The summed E-state index contributed by atoms with van der Waals surface area (Å²) in [6.07, 6.45) is 1.31. The number of benzene rings is 1. The number of hydrogen-bond acceptors (Lipinski definition) is 4. The van der Waals surface area contributed by atoms with Crippen LogP contribution in [0.5, 0.6) is 5.75 Å². The highest BCUT2D eigenvalue weighted by atomic mass is 16.6. The summed E-state index contributed by atoms with van der Waals surface area (Å²) in [6, 6.07) is 7.03. The van der Waals surface area contributed by atoms with Crippen molar-refractivity contribution in [3.63, 3.8) is 0 Å². The first-order valence-corrected chi connectivity index (χ1v) is 8.07. The summed E-state index contributed by atoms with van der Waals surface area (Å²) in [5.41, 5.74) is 0.322. The predicted octanol–water partition coefficient (Wildman–Crippen LogP) is 3.70. The SMILES string of the molecule is CC(C)(C)OC(=O)N1CCC(C)(OCc2ccc(O)cc2)CC1. The molecule has 1 fully saturated rings. The van der Waals surface area contributed by atoms with E-state index in [1.54, 1.807) is 17.0 Å². The van der Waals surface area contributed by atoms with Crippen LogP contribution >= 0.6 is 0 Å². The molecule has 0 bridgehead atoms. The Bertz CT molecular complexity index is 525. The first-order chi connectivity index (χ1) is 10.7. The first kappa shape index (κ1) is 17.6. The topological polar surface area (TPSA) is 59.0 Å². The minimum Gasteiger partial charge on any atom is -0.508 e. The average molecular weight is 321 g/mol. The molecular weight excluding hydrogens is 294 g/mol. The molecule has 1 heterocycles. The van der Waals surface area contributed by atoms with Gasteiger partial charge in [-0.15, -0.1) is 0 Å². The van der Waals surface area contributed by atoms with Crippen molar-refractivity contribution in [1.29, 1.82) is 0 Å². The lowest BCUT2D eigenvalue weighted by Gasteiger charge is -2.39. The molecular formula is C18H27NO4. The largest absolute Gasteiger partial charge is 0.508 e. The van der Waals surface area contributed by atoms with Crippen molar-refractivity contribution < 1.29 is 19.4 Å². The van der Waals surface area contributed by atoms with Crippen molar-refractivity contribution >= 4 is 6.09 Å². The third-order valence-corrected chi connectivity index (χ3v) is 4.00. The zero-order chi connectivity index (χ0) is 17.1. The number of aromatic hydroxyl groups is 1. The number of amides is 1. The van der Waals surface area contributed by atoms with E-state index in [4.69, 9.17) is 9.47 Å². The molecule has 0 aromatic heterocycles. The van der Waals surface area contributed by atoms with Crippen molar-refractivity contribution in [1.82, 2.24) is 4.90 Å². The summed E-state index contributed by atoms with van der Waals surface area (Å²) in [5, 5.41) is 9.30. The van der Waals surface area contributed by atoms with E-state index in [1.807, 2.05) is 32.9 Å². The van der Waals surface area contributed by atoms with E-state index >= 15 is 0 Å². The lowest BCUT2D eigenvalue weighted by molar-refractivity contribution is -0.0812. The van der Waals surface area contributed by atoms with Crippen LogP contribution in [-0.4, -0.2) is 40.4 Å². The number of piperidine rings is 1. The van der Waals surface area contributed by atoms with Crippen LogP contribution in [0.3, 0.4) is 0 Å². The van der Waals surface area contributed by atoms with Gasteiger partial charge in [-0.05, 0) is 58.2 Å². The maximum atomic E-state index is 12.1. The average Bonchev–Trinajstić information content (AvgIpc) is 2.46. The Morgan fingerprint density at radius 2 is 1.78 bits per heavy atom. The third-order valence-electron chi connectivity index (χ3n) is 4.00. The van der Waals surface area contributed by atoms with Gasteiger partial charge in [-0.3, -0.25) is 0 Å². The smallest absolute Gasteiger partial charge is 0.410 e. The second kappa shape index (κ2) is 6.79. The Morgan fingerprint density at radius 3 is 2.30 bits per heavy atom. The van der Waals surface area contributed by atoms with E-state index in [0.29, 0.717) is 19.7 Å². The van der Waals surface area contributed by atoms with E-state index in [-0.39, 0.29) is 17.4 Å². The summed E-state index contributed by atoms with van der Waals surface area (Å²) in [7, 11) is 0. The highest BCUT2D eigenvalue weighted by molar-refractivity contribution is 5.68. The second-order valence-corrected chi connectivity index (χ2v) is 7.37. The molecule has 5 heteroatoms. The molecule has 0 atom stereocenters. The van der Waals surface area contributed by atoms with Crippen molar-refractivity contribution in [2.75, 3.05) is 13.1 Å². The van der Waals surface area contributed by atoms with E-state index in [9.17, 15) is 9.90 Å². The number of phenolic OH excluding ortho intramolecular Hbond substituents is 1. The zero-order valence-corrected chi connectivity index (χ0v) is 14.5. The van der Waals surface area contributed by atoms with Gasteiger partial charge in [0.05, 0.1) is 12.2 Å². The molecule has 1 aliphatic rings. The molecule has 0 unspecified atom stereocenters. The minimum absolute atomic E-state index is 0.240. The Labute approximate surface area is 138 Å². The Hall–Kier alpha value is -1.75. The summed E-state index contributed by atoms with van der Waals surface area (Å²) < 4.78 is 11.5. The fraction of sp³-hybridized carbons (Fsp3) is 0.611. The van der Waals surface area contributed by atoms with Gasteiger partial charge in [-0.2, -0.15) is 0 Å². The van der Waals surface area contributed by atoms with E-state index in [0.717, 1.165) is 18.4 Å². The molecule has 2 rings (SSSR count). The molecule has 1 amide bonds. The monoisotopic (exact) mass is 321 g/mol. The van der Waals surface area contributed by atoms with Gasteiger partial charge in [0.1, 0.15) is 11.4 Å². The molecule has 1 aliphatic heterocycles. The van der Waals surface area contributed by atoms with Gasteiger partial charge in [0, 0.05) is 13.1 Å². The third kappa shape index (κ3) is 5.43. The fourth-order valence-electron chi connectivity index (χ4n) is 2.48. The number of carbonyl (C=O) groups is 1. The molecule has 1 aromatic rings. The molecule has 128 valence electrons. The van der Waals surface area contributed by atoms with E-state index in [2.05, 4.69) is 6.92 Å². The van der Waals surface area contributed by atoms with Gasteiger partial charge in [0.15, 0.2) is 0 Å². The number of carbonyl (C=O) groups excluding carboxylic acids is 1. The highest BCUT2D eigenvalue weighted by Crippen LogP contribution is 2.28. The second-order valence-electron chi connectivity index (χ2n) is 7.37. The van der Waals surface area contributed by atoms with Gasteiger partial charge < -0.3 is 19.5 Å². The van der Waals surface area contributed by atoms with E-state index in [1.165, 1.54) is 0 Å². The van der Waals surface area contributed by atoms with Gasteiger partial charge in [0.2, 0.25) is 0 Å². The van der Waals surface area contributed by atoms with Crippen LogP contribution < -0.4 is 0 Å². The number of ether oxygens (including phenoxy) is 2. The molecule has 5 nitrogen and oxygen atoms in total. The van der Waals surface area contributed by atoms with Crippen molar-refractivity contribution in [2.24, 2.45) is 0 Å². The van der Waals surface area contributed by atoms with Gasteiger partial charge in [-0.1, -0.05) is 12.1 Å². The number of nitrogens with zero attached hydrogens (tertiary/aromatic N) is 1. The molecule has 0 aliphatic carbocycles. The quantitative estimate of drug-likeness (QED) is 0.922. The van der Waals surface area contributed by atoms with Gasteiger partial charge in [-0.25, -0.2) is 4.79 Å². The summed E-state index contributed by atoms with van der Waals surface area (Å²) in [6.45, 7) is 9.49. The Kier molecular flexibility index (Phi) is 5.19. The molecule has 0 saturated carbocycles. The van der Waals surface area contributed by atoms with Crippen LogP contribution in [0, 0.1) is 0 Å². The molecule has 0 radical (unpaired) electrons.